The molecule has 0 spiro atoms. The Morgan fingerprint density at radius 2 is 2.29 bits per heavy atom. The molecule has 0 amide bonds. The molecule has 3 N–H and O–H groups in total. The van der Waals surface area contributed by atoms with Crippen molar-refractivity contribution < 1.29 is 0 Å². The first kappa shape index (κ1) is 12.7. The van der Waals surface area contributed by atoms with Gasteiger partial charge in [-0.1, -0.05) is 31.1 Å². The van der Waals surface area contributed by atoms with E-state index in [1.807, 2.05) is 12.3 Å². The Kier molecular flexibility index (Phi) is 4.29. The van der Waals surface area contributed by atoms with Crippen LogP contribution in [0.25, 0.3) is 0 Å². The van der Waals surface area contributed by atoms with Crippen LogP contribution in [0.4, 0.5) is 5.69 Å². The Hall–Kier alpha value is -0.740. The summed E-state index contributed by atoms with van der Waals surface area (Å²) < 4.78 is 0. The fraction of sp³-hybridized carbons (Fsp3) is 0.462. The van der Waals surface area contributed by atoms with Gasteiger partial charge in [0.2, 0.25) is 0 Å². The Balaban J connectivity index is 2.09. The van der Waals surface area contributed by atoms with Gasteiger partial charge >= 0.3 is 0 Å². The number of thiocarbonyl (C=S) groups is 1. The van der Waals surface area contributed by atoms with Gasteiger partial charge in [0, 0.05) is 22.7 Å². The third kappa shape index (κ3) is 3.36. The summed E-state index contributed by atoms with van der Waals surface area (Å²) in [5.74, 6) is 0.944. The highest BCUT2D eigenvalue weighted by atomic mass is 32.2. The normalized spacial score (nSPS) is 14.6. The van der Waals surface area contributed by atoms with Gasteiger partial charge in [-0.15, -0.1) is 11.8 Å². The largest absolute Gasteiger partial charge is 0.389 e. The molecule has 0 bridgehead atoms. The van der Waals surface area contributed by atoms with Gasteiger partial charge in [0.15, 0.2) is 0 Å². The van der Waals surface area contributed by atoms with Gasteiger partial charge in [0.25, 0.3) is 0 Å². The Bertz CT molecular complexity index is 414. The highest BCUT2D eigenvalue weighted by Gasteiger charge is 2.20. The minimum Gasteiger partial charge on any atom is -0.389 e. The number of rotatable bonds is 6. The predicted molar refractivity (Wildman–Crippen MR) is 79.9 cm³/mol. The van der Waals surface area contributed by atoms with Crippen LogP contribution in [0, 0.1) is 5.92 Å². The monoisotopic (exact) mass is 266 g/mol. The van der Waals surface area contributed by atoms with Crippen molar-refractivity contribution in [3.05, 3.63) is 23.8 Å². The zero-order valence-corrected chi connectivity index (χ0v) is 11.7. The molecule has 0 atom stereocenters. The smallest absolute Gasteiger partial charge is 0.107 e. The molecule has 0 saturated heterocycles. The van der Waals surface area contributed by atoms with Gasteiger partial charge in [0.1, 0.15) is 4.99 Å². The number of anilines is 1. The van der Waals surface area contributed by atoms with Crippen LogP contribution in [-0.2, 0) is 0 Å². The topological polar surface area (TPSA) is 38.0 Å². The van der Waals surface area contributed by atoms with Gasteiger partial charge in [0.05, 0.1) is 0 Å². The van der Waals surface area contributed by atoms with Gasteiger partial charge in [-0.3, -0.25) is 0 Å². The Morgan fingerprint density at radius 1 is 1.53 bits per heavy atom. The van der Waals surface area contributed by atoms with Crippen molar-refractivity contribution in [2.45, 2.75) is 24.2 Å². The first-order valence-electron chi connectivity index (χ1n) is 5.93. The average molecular weight is 266 g/mol. The Morgan fingerprint density at radius 3 is 2.88 bits per heavy atom. The highest BCUT2D eigenvalue weighted by Crippen LogP contribution is 2.32. The maximum absolute atomic E-state index is 5.81. The molecule has 92 valence electrons. The lowest BCUT2D eigenvalue weighted by Gasteiger charge is -2.14. The van der Waals surface area contributed by atoms with Crippen molar-refractivity contribution in [2.75, 3.05) is 18.1 Å². The summed E-state index contributed by atoms with van der Waals surface area (Å²) in [6.07, 6.45) is 6.09. The van der Waals surface area contributed by atoms with E-state index in [9.17, 15) is 0 Å². The van der Waals surface area contributed by atoms with Crippen LogP contribution >= 0.6 is 24.0 Å². The molecule has 2 nitrogen and oxygen atoms in total. The molecule has 1 saturated carbocycles. The molecule has 1 aliphatic rings. The lowest BCUT2D eigenvalue weighted by molar-refractivity contribution is 0.760. The summed E-state index contributed by atoms with van der Waals surface area (Å²) in [5, 5.41) is 3.46. The van der Waals surface area contributed by atoms with Crippen molar-refractivity contribution >= 4 is 34.7 Å². The predicted octanol–water partition coefficient (Wildman–Crippen LogP) is 3.25. The zero-order chi connectivity index (χ0) is 12.3. The van der Waals surface area contributed by atoms with E-state index in [1.54, 1.807) is 11.8 Å². The molecule has 0 unspecified atom stereocenters. The second-order valence-electron chi connectivity index (χ2n) is 4.41. The average Bonchev–Trinajstić information content (AvgIpc) is 3.12. The van der Waals surface area contributed by atoms with Crippen LogP contribution in [-0.4, -0.2) is 17.8 Å². The molecular formula is C13H18N2S2. The molecule has 17 heavy (non-hydrogen) atoms. The van der Waals surface area contributed by atoms with Crippen LogP contribution < -0.4 is 11.1 Å². The van der Waals surface area contributed by atoms with E-state index in [-0.39, 0.29) is 0 Å². The highest BCUT2D eigenvalue weighted by molar-refractivity contribution is 7.98. The van der Waals surface area contributed by atoms with Crippen LogP contribution in [0.2, 0.25) is 0 Å². The lowest BCUT2D eigenvalue weighted by Crippen LogP contribution is -2.15. The molecule has 0 radical (unpaired) electrons. The van der Waals surface area contributed by atoms with E-state index in [0.29, 0.717) is 4.99 Å². The van der Waals surface area contributed by atoms with Crippen molar-refractivity contribution in [1.82, 2.24) is 0 Å². The van der Waals surface area contributed by atoms with Gasteiger partial charge in [-0.05, 0) is 30.7 Å². The second-order valence-corrected chi connectivity index (χ2v) is 5.69. The van der Waals surface area contributed by atoms with E-state index in [0.717, 1.165) is 28.6 Å². The summed E-state index contributed by atoms with van der Waals surface area (Å²) >= 11 is 6.82. The third-order valence-corrected chi connectivity index (χ3v) is 4.04. The SMILES string of the molecule is CSc1cccc(NCCC2CC2)c1C(N)=S. The number of nitrogens with one attached hydrogen (secondary N) is 1. The quantitative estimate of drug-likeness (QED) is 0.612. The van der Waals surface area contributed by atoms with Gasteiger partial charge in [-0.2, -0.15) is 0 Å². The summed E-state index contributed by atoms with van der Waals surface area (Å²) in [6.45, 7) is 1.01. The van der Waals surface area contributed by atoms with E-state index in [1.165, 1.54) is 19.3 Å². The van der Waals surface area contributed by atoms with Crippen molar-refractivity contribution in [2.24, 2.45) is 11.7 Å². The lowest BCUT2D eigenvalue weighted by atomic mass is 10.1. The minimum atomic E-state index is 0.476. The number of thioether (sulfide) groups is 1. The third-order valence-electron chi connectivity index (χ3n) is 3.06. The first-order valence-corrected chi connectivity index (χ1v) is 7.56. The van der Waals surface area contributed by atoms with E-state index < -0.39 is 0 Å². The molecule has 0 aliphatic heterocycles. The zero-order valence-electron chi connectivity index (χ0n) is 10.0. The van der Waals surface area contributed by atoms with Gasteiger partial charge < -0.3 is 11.1 Å². The second kappa shape index (κ2) is 5.74. The maximum atomic E-state index is 5.81. The minimum absolute atomic E-state index is 0.476. The molecule has 1 fully saturated rings. The van der Waals surface area contributed by atoms with E-state index >= 15 is 0 Å². The molecule has 0 aromatic heterocycles. The molecule has 1 aromatic carbocycles. The molecule has 4 heteroatoms. The number of nitrogens with two attached hydrogens (primary N) is 1. The standard InChI is InChI=1S/C13H18N2S2/c1-17-11-4-2-3-10(12(11)13(14)16)15-8-7-9-5-6-9/h2-4,9,15H,5-8H2,1H3,(H2,14,16). The number of benzene rings is 1. The fourth-order valence-corrected chi connectivity index (χ4v) is 2.84. The molecule has 1 aromatic rings. The molecular weight excluding hydrogens is 248 g/mol. The molecule has 1 aliphatic carbocycles. The fourth-order valence-electron chi connectivity index (χ4n) is 1.92. The number of hydrogen-bond acceptors (Lipinski definition) is 3. The van der Waals surface area contributed by atoms with Crippen molar-refractivity contribution in [3.63, 3.8) is 0 Å². The van der Waals surface area contributed by atoms with Crippen molar-refractivity contribution in [1.29, 1.82) is 0 Å². The molecule has 0 heterocycles. The Labute approximate surface area is 112 Å². The van der Waals surface area contributed by atoms with E-state index in [2.05, 4.69) is 17.4 Å². The van der Waals surface area contributed by atoms with Crippen molar-refractivity contribution in [3.8, 4) is 0 Å². The van der Waals surface area contributed by atoms with Crippen LogP contribution in [0.15, 0.2) is 23.1 Å². The van der Waals surface area contributed by atoms with Crippen LogP contribution in [0.5, 0.6) is 0 Å². The van der Waals surface area contributed by atoms with E-state index in [4.69, 9.17) is 18.0 Å². The van der Waals surface area contributed by atoms with Crippen LogP contribution in [0.3, 0.4) is 0 Å². The maximum Gasteiger partial charge on any atom is 0.107 e. The summed E-state index contributed by atoms with van der Waals surface area (Å²) in [6, 6.07) is 6.17. The van der Waals surface area contributed by atoms with Crippen LogP contribution in [0.1, 0.15) is 24.8 Å². The first-order chi connectivity index (χ1) is 8.22. The summed E-state index contributed by atoms with van der Waals surface area (Å²) in [4.78, 5) is 1.62. The summed E-state index contributed by atoms with van der Waals surface area (Å²) in [7, 11) is 0. The van der Waals surface area contributed by atoms with Gasteiger partial charge in [-0.25, -0.2) is 0 Å². The molecule has 2 rings (SSSR count). The number of hydrogen-bond donors (Lipinski definition) is 2. The summed E-state index contributed by atoms with van der Waals surface area (Å²) in [5.41, 5.74) is 7.88.